The van der Waals surface area contributed by atoms with Crippen LogP contribution in [0.5, 0.6) is 0 Å². The Morgan fingerprint density at radius 3 is 2.35 bits per heavy atom. The topological polar surface area (TPSA) is 155 Å². The Kier molecular flexibility index (Phi) is 9.55. The van der Waals surface area contributed by atoms with Crippen molar-refractivity contribution in [2.24, 2.45) is 5.73 Å². The SMILES string of the molecule is COC(=O)[C@@H]1CC=CCc2ccc3[nH]c4ccc(cc4c3c2)CC(NC(C)=O)C(=O)N[C@@H](CCCCN)C(=O)N1. The van der Waals surface area contributed by atoms with Crippen molar-refractivity contribution in [1.29, 1.82) is 0 Å². The van der Waals surface area contributed by atoms with E-state index in [1.807, 2.05) is 42.5 Å². The Morgan fingerprint density at radius 2 is 1.68 bits per heavy atom. The molecule has 2 heterocycles. The minimum atomic E-state index is -0.920. The standard InChI is InChI=1S/C30H37N5O5/c1-18(36)32-27-17-20-11-13-24-22(16-20)21-15-19(10-12-23(21)33-24)7-3-4-9-26(30(39)40-2)35-28(37)25(34-29(27)38)8-5-6-14-31/h3-4,10-13,15-16,25-27,33H,5-9,14,17,31H2,1-2H3,(H,32,36)(H,34,38)(H,35,37)/t25-,26-,27?/m0/s1. The number of nitrogens with two attached hydrogens (primary N) is 1. The van der Waals surface area contributed by atoms with Gasteiger partial charge in [0.25, 0.3) is 0 Å². The summed E-state index contributed by atoms with van der Waals surface area (Å²) in [5, 5.41) is 10.4. The number of aromatic amines is 1. The maximum atomic E-state index is 13.5. The van der Waals surface area contributed by atoms with Crippen LogP contribution in [0.4, 0.5) is 0 Å². The van der Waals surface area contributed by atoms with Crippen molar-refractivity contribution in [1.82, 2.24) is 20.9 Å². The number of benzene rings is 2. The van der Waals surface area contributed by atoms with Crippen LogP contribution in [0.1, 0.15) is 43.7 Å². The highest BCUT2D eigenvalue weighted by molar-refractivity contribution is 6.07. The maximum Gasteiger partial charge on any atom is 0.328 e. The Morgan fingerprint density at radius 1 is 0.975 bits per heavy atom. The number of esters is 1. The summed E-state index contributed by atoms with van der Waals surface area (Å²) >= 11 is 0. The van der Waals surface area contributed by atoms with Crippen LogP contribution in [0.15, 0.2) is 48.6 Å². The second kappa shape index (κ2) is 13.3. The molecule has 212 valence electrons. The third-order valence-electron chi connectivity index (χ3n) is 7.14. The van der Waals surface area contributed by atoms with Gasteiger partial charge < -0.3 is 31.4 Å². The Balaban J connectivity index is 1.74. The quantitative estimate of drug-likeness (QED) is 0.181. The lowest BCUT2D eigenvalue weighted by Crippen LogP contribution is -2.56. The molecule has 0 fully saturated rings. The number of rotatable bonds is 6. The molecule has 10 heteroatoms. The van der Waals surface area contributed by atoms with Gasteiger partial charge in [-0.3, -0.25) is 14.4 Å². The van der Waals surface area contributed by atoms with Gasteiger partial charge in [0.2, 0.25) is 17.7 Å². The highest BCUT2D eigenvalue weighted by Crippen LogP contribution is 2.28. The first kappa shape index (κ1) is 28.8. The summed E-state index contributed by atoms with van der Waals surface area (Å²) in [5.74, 6) is -1.92. The van der Waals surface area contributed by atoms with Gasteiger partial charge in [0, 0.05) is 35.2 Å². The van der Waals surface area contributed by atoms with Crippen LogP contribution in [-0.4, -0.2) is 60.5 Å². The monoisotopic (exact) mass is 547 g/mol. The van der Waals surface area contributed by atoms with E-state index in [1.54, 1.807) is 0 Å². The van der Waals surface area contributed by atoms with Crippen molar-refractivity contribution in [2.45, 2.75) is 63.6 Å². The van der Waals surface area contributed by atoms with Gasteiger partial charge in [-0.2, -0.15) is 0 Å². The highest BCUT2D eigenvalue weighted by atomic mass is 16.5. The van der Waals surface area contributed by atoms with E-state index in [9.17, 15) is 19.2 Å². The smallest absolute Gasteiger partial charge is 0.328 e. The van der Waals surface area contributed by atoms with Crippen molar-refractivity contribution in [2.75, 3.05) is 13.7 Å². The molecule has 1 aromatic heterocycles. The van der Waals surface area contributed by atoms with E-state index in [4.69, 9.17) is 10.5 Å². The van der Waals surface area contributed by atoms with Gasteiger partial charge in [-0.15, -0.1) is 0 Å². The van der Waals surface area contributed by atoms with Crippen LogP contribution < -0.4 is 21.7 Å². The van der Waals surface area contributed by atoms with Gasteiger partial charge >= 0.3 is 5.97 Å². The van der Waals surface area contributed by atoms with E-state index >= 15 is 0 Å². The molecule has 3 aromatic rings. The summed E-state index contributed by atoms with van der Waals surface area (Å²) in [6, 6.07) is 9.39. The molecule has 6 N–H and O–H groups in total. The molecule has 4 bridgehead atoms. The normalized spacial score (nSPS) is 20.3. The van der Waals surface area contributed by atoms with Gasteiger partial charge in [-0.25, -0.2) is 4.79 Å². The van der Waals surface area contributed by atoms with Crippen molar-refractivity contribution < 1.29 is 23.9 Å². The largest absolute Gasteiger partial charge is 0.467 e. The number of hydrogen-bond donors (Lipinski definition) is 5. The van der Waals surface area contributed by atoms with Gasteiger partial charge in [0.1, 0.15) is 18.1 Å². The molecule has 0 saturated carbocycles. The first-order chi connectivity index (χ1) is 19.3. The first-order valence-electron chi connectivity index (χ1n) is 13.6. The van der Waals surface area contributed by atoms with Crippen LogP contribution in [0.2, 0.25) is 0 Å². The second-order valence-electron chi connectivity index (χ2n) is 10.2. The molecule has 0 saturated heterocycles. The number of unbranched alkanes of at least 4 members (excludes halogenated alkanes) is 1. The fraction of sp³-hybridized carbons (Fsp3) is 0.400. The molecule has 0 spiro atoms. The first-order valence-corrected chi connectivity index (χ1v) is 13.6. The number of aromatic nitrogens is 1. The molecule has 40 heavy (non-hydrogen) atoms. The van der Waals surface area contributed by atoms with Crippen molar-refractivity contribution in [3.05, 3.63) is 59.7 Å². The average Bonchev–Trinajstić information content (AvgIpc) is 3.29. The van der Waals surface area contributed by atoms with Crippen molar-refractivity contribution >= 4 is 45.5 Å². The second-order valence-corrected chi connectivity index (χ2v) is 10.2. The van der Waals surface area contributed by atoms with Crippen LogP contribution >= 0.6 is 0 Å². The molecular formula is C30H37N5O5. The molecule has 2 aromatic carbocycles. The molecule has 1 unspecified atom stereocenters. The van der Waals surface area contributed by atoms with E-state index in [2.05, 4.69) is 27.0 Å². The number of amides is 3. The van der Waals surface area contributed by atoms with E-state index in [1.165, 1.54) is 14.0 Å². The third-order valence-corrected chi connectivity index (χ3v) is 7.14. The van der Waals surface area contributed by atoms with E-state index in [0.29, 0.717) is 32.2 Å². The number of hydrogen-bond acceptors (Lipinski definition) is 6. The molecule has 10 nitrogen and oxygen atoms in total. The number of ether oxygens (including phenoxy) is 1. The number of H-pyrrole nitrogens is 1. The van der Waals surface area contributed by atoms with Crippen LogP contribution in [0.3, 0.4) is 0 Å². The fourth-order valence-corrected chi connectivity index (χ4v) is 5.05. The van der Waals surface area contributed by atoms with Gasteiger partial charge in [-0.1, -0.05) is 24.3 Å². The van der Waals surface area contributed by atoms with Gasteiger partial charge in [0.15, 0.2) is 0 Å². The number of fused-ring (bicyclic) bond motifs is 2. The van der Waals surface area contributed by atoms with Gasteiger partial charge in [0.05, 0.1) is 7.11 Å². The predicted octanol–water partition coefficient (Wildman–Crippen LogP) is 2.14. The molecule has 1 aliphatic heterocycles. The van der Waals surface area contributed by atoms with E-state index in [0.717, 1.165) is 32.9 Å². The number of carbonyl (C=O) groups is 4. The number of methoxy groups -OCH3 is 1. The van der Waals surface area contributed by atoms with Crippen molar-refractivity contribution in [3.63, 3.8) is 0 Å². The molecule has 0 radical (unpaired) electrons. The lowest BCUT2D eigenvalue weighted by Gasteiger charge is -2.24. The summed E-state index contributed by atoms with van der Waals surface area (Å²) in [5.41, 5.74) is 9.57. The molecule has 4 rings (SSSR count). The van der Waals surface area contributed by atoms with Crippen LogP contribution in [0.25, 0.3) is 21.8 Å². The molecule has 0 aliphatic carbocycles. The molecular weight excluding hydrogens is 510 g/mol. The minimum absolute atomic E-state index is 0.231. The Labute approximate surface area is 233 Å². The molecule has 3 amide bonds. The van der Waals surface area contributed by atoms with Crippen LogP contribution in [0, 0.1) is 0 Å². The zero-order valence-electron chi connectivity index (χ0n) is 22.9. The minimum Gasteiger partial charge on any atom is -0.467 e. The summed E-state index contributed by atoms with van der Waals surface area (Å²) in [6.45, 7) is 1.80. The summed E-state index contributed by atoms with van der Waals surface area (Å²) in [4.78, 5) is 54.8. The zero-order valence-corrected chi connectivity index (χ0v) is 22.9. The molecule has 1 aliphatic rings. The highest BCUT2D eigenvalue weighted by Gasteiger charge is 2.29. The average molecular weight is 548 g/mol. The number of nitrogens with one attached hydrogen (secondary N) is 4. The predicted molar refractivity (Wildman–Crippen MR) is 153 cm³/mol. The third kappa shape index (κ3) is 7.06. The molecule has 3 atom stereocenters. The lowest BCUT2D eigenvalue weighted by molar-refractivity contribution is -0.145. The fourth-order valence-electron chi connectivity index (χ4n) is 5.05. The van der Waals surface area contributed by atoms with Crippen molar-refractivity contribution in [3.8, 4) is 0 Å². The number of carbonyl (C=O) groups excluding carboxylic acids is 4. The lowest BCUT2D eigenvalue weighted by atomic mass is 10.00. The van der Waals surface area contributed by atoms with Gasteiger partial charge in [-0.05, 0) is 74.0 Å². The number of allylic oxidation sites excluding steroid dienone is 1. The summed E-state index contributed by atoms with van der Waals surface area (Å²) in [7, 11) is 1.27. The van der Waals surface area contributed by atoms with E-state index in [-0.39, 0.29) is 18.7 Å². The Bertz CT molecular complexity index is 1430. The van der Waals surface area contributed by atoms with Crippen LogP contribution in [-0.2, 0) is 36.8 Å². The van der Waals surface area contributed by atoms with E-state index < -0.39 is 35.9 Å². The zero-order chi connectivity index (χ0) is 28.6. The Hall–Kier alpha value is -4.18. The summed E-state index contributed by atoms with van der Waals surface area (Å²) < 4.78 is 4.92. The summed E-state index contributed by atoms with van der Waals surface area (Å²) in [6.07, 6.45) is 6.51. The maximum absolute atomic E-state index is 13.5.